The Bertz CT molecular complexity index is 1370. The molecule has 2 aromatic heterocycles. The molecule has 0 saturated heterocycles. The molecular weight excluding hydrogens is 385 g/mol. The van der Waals surface area contributed by atoms with Gasteiger partial charge in [0.25, 0.3) is 11.5 Å². The summed E-state index contributed by atoms with van der Waals surface area (Å²) in [5.74, 6) is -0.664. The Balaban J connectivity index is 1.60. The Labute approximate surface area is 171 Å². The van der Waals surface area contributed by atoms with Crippen molar-refractivity contribution in [2.75, 3.05) is 13.7 Å². The summed E-state index contributed by atoms with van der Waals surface area (Å²) in [4.78, 5) is 33.3. The molecule has 0 spiro atoms. The maximum Gasteiger partial charge on any atom is 0.270 e. The predicted molar refractivity (Wildman–Crippen MR) is 112 cm³/mol. The number of likely N-dealkylation sites (N-methyl/N-ethyl adjacent to an activating group) is 1. The number of pyridine rings is 1. The number of nitrogens with one attached hydrogen (secondary N) is 2. The van der Waals surface area contributed by atoms with E-state index in [-0.39, 0.29) is 30.1 Å². The summed E-state index contributed by atoms with van der Waals surface area (Å²) in [7, 11) is 1.71. The fourth-order valence-electron chi connectivity index (χ4n) is 4.28. The summed E-state index contributed by atoms with van der Waals surface area (Å²) >= 11 is 0. The van der Waals surface area contributed by atoms with Crippen LogP contribution in [0.3, 0.4) is 0 Å². The molecule has 0 fully saturated rings. The lowest BCUT2D eigenvalue weighted by atomic mass is 9.95. The number of hydrogen-bond acceptors (Lipinski definition) is 3. The number of halogens is 1. The molecular formula is C23H20FN3O3. The number of amides is 1. The Morgan fingerprint density at radius 3 is 2.77 bits per heavy atom. The van der Waals surface area contributed by atoms with Crippen LogP contribution in [0.1, 0.15) is 33.4 Å². The molecule has 152 valence electrons. The van der Waals surface area contributed by atoms with Crippen LogP contribution < -0.4 is 5.56 Å². The SMILES string of the molecule is Cc1cccc2[nH]c(C(=O)N(C)C3COCc4[nH]c(=O)c5cc(F)ccc5c43)cc12. The molecule has 1 unspecified atom stereocenters. The fourth-order valence-corrected chi connectivity index (χ4v) is 4.28. The van der Waals surface area contributed by atoms with Crippen LogP contribution in [0.2, 0.25) is 0 Å². The predicted octanol–water partition coefficient (Wildman–Crippen LogP) is 3.80. The van der Waals surface area contributed by atoms with Gasteiger partial charge in [-0.2, -0.15) is 0 Å². The van der Waals surface area contributed by atoms with E-state index >= 15 is 0 Å². The number of hydrogen-bond donors (Lipinski definition) is 2. The van der Waals surface area contributed by atoms with E-state index in [0.717, 1.165) is 22.0 Å². The minimum absolute atomic E-state index is 0.187. The van der Waals surface area contributed by atoms with Gasteiger partial charge in [0, 0.05) is 29.2 Å². The number of benzene rings is 2. The van der Waals surface area contributed by atoms with E-state index in [0.29, 0.717) is 16.8 Å². The number of nitrogens with zero attached hydrogens (tertiary/aromatic N) is 1. The summed E-state index contributed by atoms with van der Waals surface area (Å²) in [6.07, 6.45) is 0. The highest BCUT2D eigenvalue weighted by Gasteiger charge is 2.31. The highest BCUT2D eigenvalue weighted by Crippen LogP contribution is 2.34. The maximum absolute atomic E-state index is 13.7. The van der Waals surface area contributed by atoms with Crippen molar-refractivity contribution in [2.24, 2.45) is 0 Å². The van der Waals surface area contributed by atoms with Gasteiger partial charge in [0.05, 0.1) is 24.6 Å². The summed E-state index contributed by atoms with van der Waals surface area (Å²) < 4.78 is 19.4. The first kappa shape index (κ1) is 18.6. The van der Waals surface area contributed by atoms with Gasteiger partial charge in [0.2, 0.25) is 0 Å². The molecule has 3 heterocycles. The second kappa shape index (κ2) is 6.81. The van der Waals surface area contributed by atoms with Gasteiger partial charge in [-0.15, -0.1) is 0 Å². The average molecular weight is 405 g/mol. The second-order valence-corrected chi connectivity index (χ2v) is 7.70. The minimum atomic E-state index is -0.477. The molecule has 5 rings (SSSR count). The van der Waals surface area contributed by atoms with Gasteiger partial charge < -0.3 is 19.6 Å². The van der Waals surface area contributed by atoms with Crippen molar-refractivity contribution in [1.29, 1.82) is 0 Å². The number of H-pyrrole nitrogens is 2. The number of fused-ring (bicyclic) bond motifs is 4. The van der Waals surface area contributed by atoms with Crippen molar-refractivity contribution < 1.29 is 13.9 Å². The number of carbonyl (C=O) groups is 1. The highest BCUT2D eigenvalue weighted by atomic mass is 19.1. The van der Waals surface area contributed by atoms with Gasteiger partial charge in [-0.3, -0.25) is 9.59 Å². The molecule has 0 aliphatic carbocycles. The van der Waals surface area contributed by atoms with Crippen LogP contribution in [0.25, 0.3) is 21.7 Å². The number of aryl methyl sites for hydroxylation is 1. The van der Waals surface area contributed by atoms with Gasteiger partial charge in [0.15, 0.2) is 0 Å². The summed E-state index contributed by atoms with van der Waals surface area (Å²) in [6, 6.07) is 11.5. The zero-order valence-corrected chi connectivity index (χ0v) is 16.6. The first-order chi connectivity index (χ1) is 14.4. The van der Waals surface area contributed by atoms with Crippen LogP contribution in [-0.2, 0) is 11.3 Å². The summed E-state index contributed by atoms with van der Waals surface area (Å²) in [5, 5.41) is 1.90. The molecule has 1 atom stereocenters. The number of aromatic amines is 2. The maximum atomic E-state index is 13.7. The molecule has 1 aliphatic heterocycles. The van der Waals surface area contributed by atoms with Crippen LogP contribution in [0.4, 0.5) is 4.39 Å². The summed E-state index contributed by atoms with van der Waals surface area (Å²) in [6.45, 7) is 2.52. The fraction of sp³-hybridized carbons (Fsp3) is 0.217. The molecule has 7 heteroatoms. The minimum Gasteiger partial charge on any atom is -0.373 e. The van der Waals surface area contributed by atoms with Crippen molar-refractivity contribution in [3.05, 3.63) is 81.2 Å². The van der Waals surface area contributed by atoms with Gasteiger partial charge in [0.1, 0.15) is 11.5 Å². The number of aromatic nitrogens is 2. The Kier molecular flexibility index (Phi) is 4.22. The van der Waals surface area contributed by atoms with Gasteiger partial charge >= 0.3 is 0 Å². The second-order valence-electron chi connectivity index (χ2n) is 7.70. The molecule has 0 bridgehead atoms. The smallest absolute Gasteiger partial charge is 0.270 e. The van der Waals surface area contributed by atoms with Crippen molar-refractivity contribution in [2.45, 2.75) is 19.6 Å². The number of ether oxygens (including phenoxy) is 1. The monoisotopic (exact) mass is 405 g/mol. The Hall–Kier alpha value is -3.45. The number of carbonyl (C=O) groups excluding carboxylic acids is 1. The first-order valence-electron chi connectivity index (χ1n) is 9.71. The largest absolute Gasteiger partial charge is 0.373 e. The topological polar surface area (TPSA) is 78.2 Å². The molecule has 0 radical (unpaired) electrons. The van der Waals surface area contributed by atoms with Gasteiger partial charge in [-0.1, -0.05) is 18.2 Å². The van der Waals surface area contributed by atoms with Crippen molar-refractivity contribution in [3.8, 4) is 0 Å². The van der Waals surface area contributed by atoms with Crippen molar-refractivity contribution in [3.63, 3.8) is 0 Å². The van der Waals surface area contributed by atoms with E-state index < -0.39 is 11.9 Å². The van der Waals surface area contributed by atoms with Gasteiger partial charge in [-0.05, 0) is 42.1 Å². The van der Waals surface area contributed by atoms with Crippen molar-refractivity contribution in [1.82, 2.24) is 14.9 Å². The zero-order valence-electron chi connectivity index (χ0n) is 16.6. The van der Waals surface area contributed by atoms with Crippen LogP contribution in [0.15, 0.2) is 47.3 Å². The normalized spacial score (nSPS) is 16.0. The van der Waals surface area contributed by atoms with Gasteiger partial charge in [-0.25, -0.2) is 4.39 Å². The third-order valence-corrected chi connectivity index (χ3v) is 5.86. The van der Waals surface area contributed by atoms with Crippen LogP contribution in [0.5, 0.6) is 0 Å². The van der Waals surface area contributed by atoms with E-state index in [4.69, 9.17) is 4.74 Å². The van der Waals surface area contributed by atoms with E-state index in [1.807, 2.05) is 31.2 Å². The average Bonchev–Trinajstić information content (AvgIpc) is 3.18. The third-order valence-electron chi connectivity index (χ3n) is 5.86. The van der Waals surface area contributed by atoms with Crippen LogP contribution in [-0.4, -0.2) is 34.4 Å². The molecule has 2 N–H and O–H groups in total. The van der Waals surface area contributed by atoms with E-state index in [9.17, 15) is 14.0 Å². The van der Waals surface area contributed by atoms with E-state index in [2.05, 4.69) is 9.97 Å². The Morgan fingerprint density at radius 2 is 1.97 bits per heavy atom. The first-order valence-corrected chi connectivity index (χ1v) is 9.71. The third kappa shape index (κ3) is 2.81. The molecule has 1 amide bonds. The lowest BCUT2D eigenvalue weighted by Gasteiger charge is -2.33. The standard InChI is InChI=1S/C23H20FN3O3/c1-12-4-3-5-17-15(12)9-18(25-17)23(29)27(2)20-11-30-10-19-21(20)14-7-6-13(24)8-16(14)22(28)26-19/h3-9,20,25H,10-11H2,1-2H3,(H,26,28). The van der Waals surface area contributed by atoms with Crippen molar-refractivity contribution >= 4 is 27.6 Å². The molecule has 30 heavy (non-hydrogen) atoms. The summed E-state index contributed by atoms with van der Waals surface area (Å²) in [5.41, 5.74) is 3.50. The lowest BCUT2D eigenvalue weighted by Crippen LogP contribution is -2.37. The quantitative estimate of drug-likeness (QED) is 0.533. The van der Waals surface area contributed by atoms with E-state index in [1.165, 1.54) is 12.1 Å². The lowest BCUT2D eigenvalue weighted by molar-refractivity contribution is 0.0333. The van der Waals surface area contributed by atoms with Crippen LogP contribution >= 0.6 is 0 Å². The highest BCUT2D eigenvalue weighted by molar-refractivity contribution is 5.99. The zero-order chi connectivity index (χ0) is 21.0. The molecule has 2 aromatic carbocycles. The molecule has 4 aromatic rings. The van der Waals surface area contributed by atoms with E-state index in [1.54, 1.807) is 18.0 Å². The molecule has 1 aliphatic rings. The molecule has 0 saturated carbocycles. The number of rotatable bonds is 2. The Morgan fingerprint density at radius 1 is 1.13 bits per heavy atom. The molecule has 6 nitrogen and oxygen atoms in total. The van der Waals surface area contributed by atoms with Crippen LogP contribution in [0, 0.1) is 12.7 Å².